The zero-order chi connectivity index (χ0) is 15.0. The minimum atomic E-state index is -0.524. The Hall–Kier alpha value is -1.26. The molecule has 0 spiro atoms. The van der Waals surface area contributed by atoms with Gasteiger partial charge in [-0.2, -0.15) is 0 Å². The lowest BCUT2D eigenvalue weighted by Crippen LogP contribution is -2.48. The van der Waals surface area contributed by atoms with Gasteiger partial charge in [0.25, 0.3) is 0 Å². The molecule has 0 aliphatic carbocycles. The van der Waals surface area contributed by atoms with Crippen LogP contribution in [0.15, 0.2) is 5.16 Å². The Morgan fingerprint density at radius 1 is 1.21 bits per heavy atom. The molecule has 112 valence electrons. The second-order valence-electron chi connectivity index (χ2n) is 5.34. The molecule has 5 heteroatoms. The van der Waals surface area contributed by atoms with Crippen LogP contribution in [0.4, 0.5) is 0 Å². The molecule has 0 aliphatic heterocycles. The third kappa shape index (κ3) is 5.09. The van der Waals surface area contributed by atoms with E-state index in [-0.39, 0.29) is 17.8 Å². The van der Waals surface area contributed by atoms with Crippen molar-refractivity contribution < 1.29 is 10.0 Å². The minimum absolute atomic E-state index is 0.00668. The van der Waals surface area contributed by atoms with Crippen LogP contribution in [-0.4, -0.2) is 34.4 Å². The highest BCUT2D eigenvalue weighted by Gasteiger charge is 2.30. The molecular formula is C14H29N3O2. The fourth-order valence-corrected chi connectivity index (χ4v) is 2.32. The Morgan fingerprint density at radius 2 is 1.74 bits per heavy atom. The molecule has 0 rings (SSSR count). The van der Waals surface area contributed by atoms with Gasteiger partial charge in [-0.05, 0) is 25.2 Å². The predicted molar refractivity (Wildman–Crippen MR) is 78.1 cm³/mol. The summed E-state index contributed by atoms with van der Waals surface area (Å²) in [5.74, 6) is -0.147. The molecule has 0 bridgehead atoms. The number of hydrogen-bond donors (Lipinski definition) is 2. The number of nitrogens with two attached hydrogens (primary N) is 1. The molecule has 0 radical (unpaired) electrons. The molecule has 5 nitrogen and oxygen atoms in total. The summed E-state index contributed by atoms with van der Waals surface area (Å²) in [7, 11) is 0. The topological polar surface area (TPSA) is 78.9 Å². The van der Waals surface area contributed by atoms with E-state index >= 15 is 0 Å². The highest BCUT2D eigenvalue weighted by molar-refractivity contribution is 6.02. The van der Waals surface area contributed by atoms with Crippen molar-refractivity contribution in [2.24, 2.45) is 22.7 Å². The number of oxime groups is 1. The van der Waals surface area contributed by atoms with Gasteiger partial charge in [0.15, 0.2) is 5.84 Å². The summed E-state index contributed by atoms with van der Waals surface area (Å²) in [4.78, 5) is 14.5. The van der Waals surface area contributed by atoms with Gasteiger partial charge in [0.2, 0.25) is 5.91 Å². The molecule has 1 amide bonds. The van der Waals surface area contributed by atoms with Crippen LogP contribution in [-0.2, 0) is 4.79 Å². The Labute approximate surface area is 116 Å². The second-order valence-corrected chi connectivity index (χ2v) is 5.34. The first kappa shape index (κ1) is 17.7. The lowest BCUT2D eigenvalue weighted by Gasteiger charge is -2.34. The van der Waals surface area contributed by atoms with E-state index in [0.717, 1.165) is 12.8 Å². The summed E-state index contributed by atoms with van der Waals surface area (Å²) in [6.07, 6.45) is 2.38. The zero-order valence-electron chi connectivity index (χ0n) is 12.9. The molecule has 19 heavy (non-hydrogen) atoms. The molecule has 0 aromatic heterocycles. The summed E-state index contributed by atoms with van der Waals surface area (Å²) >= 11 is 0. The maximum absolute atomic E-state index is 12.6. The van der Waals surface area contributed by atoms with E-state index in [9.17, 15) is 4.79 Å². The van der Waals surface area contributed by atoms with E-state index in [0.29, 0.717) is 18.9 Å². The smallest absolute Gasteiger partial charge is 0.233 e. The summed E-state index contributed by atoms with van der Waals surface area (Å²) in [5.41, 5.74) is 5.63. The van der Waals surface area contributed by atoms with Gasteiger partial charge in [-0.1, -0.05) is 39.8 Å². The average molecular weight is 271 g/mol. The van der Waals surface area contributed by atoms with Gasteiger partial charge < -0.3 is 15.8 Å². The molecular weight excluding hydrogens is 242 g/mol. The molecule has 0 saturated heterocycles. The number of amides is 1. The fourth-order valence-electron chi connectivity index (χ4n) is 2.32. The van der Waals surface area contributed by atoms with E-state index in [1.165, 1.54) is 0 Å². The van der Waals surface area contributed by atoms with Crippen LogP contribution >= 0.6 is 0 Å². The van der Waals surface area contributed by atoms with Gasteiger partial charge in [-0.3, -0.25) is 4.79 Å². The van der Waals surface area contributed by atoms with Crippen LogP contribution in [0.5, 0.6) is 0 Å². The molecule has 3 N–H and O–H groups in total. The van der Waals surface area contributed by atoms with E-state index in [2.05, 4.69) is 32.9 Å². The fraction of sp³-hybridized carbons (Fsp3) is 0.857. The monoisotopic (exact) mass is 271 g/mol. The van der Waals surface area contributed by atoms with Gasteiger partial charge in [0.1, 0.15) is 0 Å². The van der Waals surface area contributed by atoms with Gasteiger partial charge >= 0.3 is 0 Å². The summed E-state index contributed by atoms with van der Waals surface area (Å²) < 4.78 is 0. The van der Waals surface area contributed by atoms with Crippen LogP contribution in [0.2, 0.25) is 0 Å². The van der Waals surface area contributed by atoms with Crippen LogP contribution in [0.3, 0.4) is 0 Å². The number of amidine groups is 1. The van der Waals surface area contributed by atoms with Gasteiger partial charge in [0, 0.05) is 12.6 Å². The molecule has 0 aromatic carbocycles. The number of rotatable bonds is 8. The zero-order valence-corrected chi connectivity index (χ0v) is 12.9. The quantitative estimate of drug-likeness (QED) is 0.308. The number of nitrogens with zero attached hydrogens (tertiary/aromatic N) is 2. The van der Waals surface area contributed by atoms with Gasteiger partial charge in [-0.15, -0.1) is 0 Å². The maximum atomic E-state index is 12.6. The van der Waals surface area contributed by atoms with Crippen LogP contribution in [0, 0.1) is 11.8 Å². The van der Waals surface area contributed by atoms with Crippen molar-refractivity contribution in [2.75, 3.05) is 6.54 Å². The summed E-state index contributed by atoms with van der Waals surface area (Å²) in [5, 5.41) is 11.8. The summed E-state index contributed by atoms with van der Waals surface area (Å²) in [6.45, 7) is 10.9. The van der Waals surface area contributed by atoms with Crippen molar-refractivity contribution in [2.45, 2.75) is 59.9 Å². The predicted octanol–water partition coefficient (Wildman–Crippen LogP) is 2.43. The van der Waals surface area contributed by atoms with Crippen molar-refractivity contribution in [1.82, 2.24) is 4.90 Å². The first-order chi connectivity index (χ1) is 8.92. The van der Waals surface area contributed by atoms with Crippen molar-refractivity contribution in [3.05, 3.63) is 0 Å². The highest BCUT2D eigenvalue weighted by Crippen LogP contribution is 2.17. The molecule has 0 aromatic rings. The minimum Gasteiger partial charge on any atom is -0.409 e. The SMILES string of the molecule is CCC(C(=O)N(CC(C)C)C(CC)CC)C(N)=NO. The van der Waals surface area contributed by atoms with Crippen molar-refractivity contribution in [3.63, 3.8) is 0 Å². The Morgan fingerprint density at radius 3 is 2.05 bits per heavy atom. The normalized spacial score (nSPS) is 13.9. The lowest BCUT2D eigenvalue weighted by atomic mass is 9.99. The Balaban J connectivity index is 5.17. The number of hydrogen-bond acceptors (Lipinski definition) is 3. The molecule has 0 saturated carbocycles. The lowest BCUT2D eigenvalue weighted by molar-refractivity contribution is -0.136. The molecule has 0 fully saturated rings. The highest BCUT2D eigenvalue weighted by atomic mass is 16.4. The number of carbonyl (C=O) groups is 1. The molecule has 1 atom stereocenters. The Kier molecular flexibility index (Phi) is 8.19. The summed E-state index contributed by atoms with van der Waals surface area (Å²) in [6, 6.07) is 0.218. The van der Waals surface area contributed by atoms with Crippen LogP contribution < -0.4 is 5.73 Å². The van der Waals surface area contributed by atoms with Gasteiger partial charge in [-0.25, -0.2) is 0 Å². The van der Waals surface area contributed by atoms with E-state index in [4.69, 9.17) is 10.9 Å². The average Bonchev–Trinajstić information content (AvgIpc) is 2.38. The van der Waals surface area contributed by atoms with Crippen molar-refractivity contribution in [3.8, 4) is 0 Å². The van der Waals surface area contributed by atoms with Gasteiger partial charge in [0.05, 0.1) is 5.92 Å². The second kappa shape index (κ2) is 8.77. The molecule has 1 unspecified atom stereocenters. The first-order valence-electron chi connectivity index (χ1n) is 7.20. The van der Waals surface area contributed by atoms with E-state index in [1.54, 1.807) is 0 Å². The van der Waals surface area contributed by atoms with Crippen molar-refractivity contribution >= 4 is 11.7 Å². The molecule has 0 heterocycles. The van der Waals surface area contributed by atoms with E-state index in [1.807, 2.05) is 11.8 Å². The maximum Gasteiger partial charge on any atom is 0.233 e. The van der Waals surface area contributed by atoms with Crippen LogP contribution in [0.25, 0.3) is 0 Å². The Bertz CT molecular complexity index is 299. The third-order valence-corrected chi connectivity index (χ3v) is 3.41. The third-order valence-electron chi connectivity index (χ3n) is 3.41. The number of carbonyl (C=O) groups excluding carboxylic acids is 1. The van der Waals surface area contributed by atoms with E-state index < -0.39 is 5.92 Å². The standard InChI is InChI=1S/C14H29N3O2/c1-6-11(7-2)17(9-10(4)5)14(18)12(8-3)13(15)16-19/h10-12,19H,6-9H2,1-5H3,(H2,15,16). The largest absolute Gasteiger partial charge is 0.409 e. The first-order valence-corrected chi connectivity index (χ1v) is 7.20. The van der Waals surface area contributed by atoms with Crippen LogP contribution in [0.1, 0.15) is 53.9 Å². The van der Waals surface area contributed by atoms with Crippen molar-refractivity contribution in [1.29, 1.82) is 0 Å². The molecule has 0 aliphatic rings.